The summed E-state index contributed by atoms with van der Waals surface area (Å²) in [5.74, 6) is 2.18. The summed E-state index contributed by atoms with van der Waals surface area (Å²) in [7, 11) is 0. The molecule has 0 saturated carbocycles. The Bertz CT molecular complexity index is 522. The van der Waals surface area contributed by atoms with Crippen LogP contribution in [0.2, 0.25) is 0 Å². The first-order valence-electron chi connectivity index (χ1n) is 9.46. The van der Waals surface area contributed by atoms with E-state index in [0.29, 0.717) is 6.54 Å². The number of nitrogens with one attached hydrogen (secondary N) is 1. The average molecular weight is 334 g/mol. The number of hydrogen-bond donors (Lipinski definition) is 1. The van der Waals surface area contributed by atoms with E-state index in [1.807, 2.05) is 0 Å². The van der Waals surface area contributed by atoms with E-state index in [1.165, 1.54) is 12.8 Å². The van der Waals surface area contributed by atoms with Gasteiger partial charge in [-0.15, -0.1) is 0 Å². The maximum Gasteiger partial charge on any atom is 0.234 e. The van der Waals surface area contributed by atoms with Crippen molar-refractivity contribution in [1.82, 2.24) is 10.2 Å². The number of hydrogen-bond acceptors (Lipinski definition) is 4. The zero-order chi connectivity index (χ0) is 16.8. The Morgan fingerprint density at radius 3 is 2.79 bits per heavy atom. The van der Waals surface area contributed by atoms with Crippen molar-refractivity contribution in [3.05, 3.63) is 23.7 Å². The Hall–Kier alpha value is -1.33. The molecule has 1 aromatic heterocycles. The van der Waals surface area contributed by atoms with Gasteiger partial charge >= 0.3 is 0 Å². The van der Waals surface area contributed by atoms with Crippen LogP contribution in [0.25, 0.3) is 0 Å². The lowest BCUT2D eigenvalue weighted by atomic mass is 10.1. The van der Waals surface area contributed by atoms with E-state index < -0.39 is 0 Å². The Morgan fingerprint density at radius 1 is 1.21 bits per heavy atom. The number of ether oxygens (including phenoxy) is 1. The summed E-state index contributed by atoms with van der Waals surface area (Å²) in [5.41, 5.74) is 0. The predicted molar refractivity (Wildman–Crippen MR) is 92.9 cm³/mol. The van der Waals surface area contributed by atoms with Crippen LogP contribution in [0.5, 0.6) is 0 Å². The van der Waals surface area contributed by atoms with Crippen molar-refractivity contribution >= 4 is 5.91 Å². The number of likely N-dealkylation sites (tertiary alicyclic amines) is 1. The first-order chi connectivity index (χ1) is 11.8. The topological polar surface area (TPSA) is 54.7 Å². The lowest BCUT2D eigenvalue weighted by Crippen LogP contribution is -2.45. The third-order valence-electron chi connectivity index (χ3n) is 5.16. The van der Waals surface area contributed by atoms with Crippen LogP contribution in [0.15, 0.2) is 16.5 Å². The second-order valence-electron chi connectivity index (χ2n) is 6.95. The van der Waals surface area contributed by atoms with E-state index in [0.717, 1.165) is 63.4 Å². The summed E-state index contributed by atoms with van der Waals surface area (Å²) in [4.78, 5) is 14.8. The molecule has 3 rings (SSSR count). The number of aryl methyl sites for hydroxylation is 1. The summed E-state index contributed by atoms with van der Waals surface area (Å²) in [5, 5.41) is 3.18. The second-order valence-corrected chi connectivity index (χ2v) is 6.95. The Morgan fingerprint density at radius 2 is 2.04 bits per heavy atom. The van der Waals surface area contributed by atoms with Crippen LogP contribution in [0.4, 0.5) is 0 Å². The maximum absolute atomic E-state index is 12.5. The molecule has 2 aliphatic rings. The molecule has 1 aromatic rings. The van der Waals surface area contributed by atoms with Gasteiger partial charge in [-0.2, -0.15) is 0 Å². The number of carbonyl (C=O) groups is 1. The fraction of sp³-hybridized carbons (Fsp3) is 0.737. The van der Waals surface area contributed by atoms with Gasteiger partial charge in [0.1, 0.15) is 11.5 Å². The Balaban J connectivity index is 1.62. The molecule has 2 fully saturated rings. The zero-order valence-corrected chi connectivity index (χ0v) is 14.8. The highest BCUT2D eigenvalue weighted by molar-refractivity contribution is 5.78. The van der Waals surface area contributed by atoms with Gasteiger partial charge in [0.2, 0.25) is 5.91 Å². The zero-order valence-electron chi connectivity index (χ0n) is 14.8. The summed E-state index contributed by atoms with van der Waals surface area (Å²) in [6.07, 6.45) is 7.42. The van der Waals surface area contributed by atoms with Crippen LogP contribution in [-0.4, -0.2) is 43.2 Å². The summed E-state index contributed by atoms with van der Waals surface area (Å²) in [6, 6.07) is 4.67. The van der Waals surface area contributed by atoms with E-state index in [9.17, 15) is 4.79 Å². The first-order valence-corrected chi connectivity index (χ1v) is 9.46. The number of nitrogens with zero attached hydrogens (tertiary/aromatic N) is 1. The standard InChI is InChI=1S/C19H30N2O3/c1-2-16-7-8-18(24-16)17-6-4-3-5-11-21(17)14-19(22)20-15-9-12-23-13-10-15/h7-8,15,17H,2-6,9-14H2,1H3,(H,20,22)/t17-/m1/s1. The number of carbonyl (C=O) groups excluding carboxylic acids is 1. The van der Waals surface area contributed by atoms with Gasteiger partial charge in [0.25, 0.3) is 0 Å². The van der Waals surface area contributed by atoms with Gasteiger partial charge in [0.15, 0.2) is 0 Å². The van der Waals surface area contributed by atoms with E-state index in [1.54, 1.807) is 0 Å². The molecule has 1 atom stereocenters. The van der Waals surface area contributed by atoms with Gasteiger partial charge in [-0.05, 0) is 44.4 Å². The monoisotopic (exact) mass is 334 g/mol. The van der Waals surface area contributed by atoms with Gasteiger partial charge in [-0.3, -0.25) is 9.69 Å². The first kappa shape index (κ1) is 17.5. The molecule has 0 aromatic carbocycles. The van der Waals surface area contributed by atoms with Gasteiger partial charge in [-0.25, -0.2) is 0 Å². The molecule has 0 unspecified atom stereocenters. The predicted octanol–water partition coefficient (Wildman–Crippen LogP) is 3.05. The van der Waals surface area contributed by atoms with Crippen molar-refractivity contribution in [2.45, 2.75) is 64.0 Å². The van der Waals surface area contributed by atoms with E-state index in [-0.39, 0.29) is 18.0 Å². The van der Waals surface area contributed by atoms with Crippen LogP contribution in [0.3, 0.4) is 0 Å². The third-order valence-corrected chi connectivity index (χ3v) is 5.16. The highest BCUT2D eigenvalue weighted by atomic mass is 16.5. The molecule has 5 nitrogen and oxygen atoms in total. The number of rotatable bonds is 5. The molecule has 1 N–H and O–H groups in total. The molecule has 0 spiro atoms. The van der Waals surface area contributed by atoms with E-state index >= 15 is 0 Å². The van der Waals surface area contributed by atoms with Crippen LogP contribution in [0, 0.1) is 0 Å². The van der Waals surface area contributed by atoms with Gasteiger partial charge in [-0.1, -0.05) is 19.8 Å². The van der Waals surface area contributed by atoms with Crippen molar-refractivity contribution in [3.63, 3.8) is 0 Å². The minimum Gasteiger partial charge on any atom is -0.464 e. The minimum absolute atomic E-state index is 0.135. The molecule has 0 aliphatic carbocycles. The molecule has 0 radical (unpaired) electrons. The van der Waals surface area contributed by atoms with Crippen molar-refractivity contribution in [1.29, 1.82) is 0 Å². The maximum atomic E-state index is 12.5. The van der Waals surface area contributed by atoms with Gasteiger partial charge in [0.05, 0.1) is 12.6 Å². The summed E-state index contributed by atoms with van der Waals surface area (Å²) < 4.78 is 11.4. The number of amides is 1. The van der Waals surface area contributed by atoms with Crippen LogP contribution in [-0.2, 0) is 16.0 Å². The Kier molecular flexibility index (Phi) is 6.32. The quantitative estimate of drug-likeness (QED) is 0.899. The van der Waals surface area contributed by atoms with E-state index in [2.05, 4.69) is 29.3 Å². The smallest absolute Gasteiger partial charge is 0.234 e. The molecule has 24 heavy (non-hydrogen) atoms. The lowest BCUT2D eigenvalue weighted by Gasteiger charge is -2.29. The normalized spacial score (nSPS) is 23.8. The minimum atomic E-state index is 0.135. The van der Waals surface area contributed by atoms with Crippen molar-refractivity contribution in [2.24, 2.45) is 0 Å². The molecule has 2 saturated heterocycles. The molecular formula is C19H30N2O3. The van der Waals surface area contributed by atoms with Crippen LogP contribution < -0.4 is 5.32 Å². The molecule has 0 bridgehead atoms. The fourth-order valence-electron chi connectivity index (χ4n) is 3.74. The molecule has 2 aliphatic heterocycles. The lowest BCUT2D eigenvalue weighted by molar-refractivity contribution is -0.124. The van der Waals surface area contributed by atoms with E-state index in [4.69, 9.17) is 9.15 Å². The van der Waals surface area contributed by atoms with Gasteiger partial charge < -0.3 is 14.5 Å². The van der Waals surface area contributed by atoms with Crippen LogP contribution in [0.1, 0.15) is 63.0 Å². The average Bonchev–Trinajstić information content (AvgIpc) is 2.96. The Labute approximate surface area is 144 Å². The SMILES string of the molecule is CCc1ccc([C@H]2CCCCCN2CC(=O)NC2CCOCC2)o1. The van der Waals surface area contributed by atoms with Crippen molar-refractivity contribution in [3.8, 4) is 0 Å². The second kappa shape index (κ2) is 8.67. The van der Waals surface area contributed by atoms with Gasteiger partial charge in [0, 0.05) is 25.7 Å². The largest absolute Gasteiger partial charge is 0.464 e. The highest BCUT2D eigenvalue weighted by Gasteiger charge is 2.27. The summed E-state index contributed by atoms with van der Waals surface area (Å²) >= 11 is 0. The van der Waals surface area contributed by atoms with Crippen molar-refractivity contribution < 1.29 is 13.9 Å². The highest BCUT2D eigenvalue weighted by Crippen LogP contribution is 2.31. The fourth-order valence-corrected chi connectivity index (χ4v) is 3.74. The number of furan rings is 1. The molecule has 3 heterocycles. The molecule has 1 amide bonds. The molecule has 5 heteroatoms. The molecular weight excluding hydrogens is 304 g/mol. The van der Waals surface area contributed by atoms with Crippen molar-refractivity contribution in [2.75, 3.05) is 26.3 Å². The molecule has 134 valence electrons. The third kappa shape index (κ3) is 4.61. The summed E-state index contributed by atoms with van der Waals surface area (Å²) in [6.45, 7) is 5.04. The van der Waals surface area contributed by atoms with Crippen LogP contribution >= 0.6 is 0 Å².